The predicted octanol–water partition coefficient (Wildman–Crippen LogP) is 4.53. The molecule has 3 aliphatic rings. The van der Waals surface area contributed by atoms with E-state index in [9.17, 15) is 0 Å². The molecule has 1 heterocycles. The summed E-state index contributed by atoms with van der Waals surface area (Å²) in [6.07, 6.45) is 16.1. The Hall–Kier alpha value is -0.0800. The largest absolute Gasteiger partial charge is 0.378 e. The molecule has 3 fully saturated rings. The van der Waals surface area contributed by atoms with Crippen LogP contribution in [0, 0.1) is 17.8 Å². The van der Waals surface area contributed by atoms with Crippen molar-refractivity contribution in [2.75, 3.05) is 13.2 Å². The standard InChI is InChI=1S/C19H35NO/c1-2-4-15-6-7-17(14-20-18-9-10-18)16(13-15)8-11-19-5-3-12-21-19/h15-20H,2-14H2,1H3. The Labute approximate surface area is 131 Å². The Morgan fingerprint density at radius 2 is 1.86 bits per heavy atom. The van der Waals surface area contributed by atoms with Gasteiger partial charge in [-0.05, 0) is 75.7 Å². The lowest BCUT2D eigenvalue weighted by atomic mass is 9.70. The lowest BCUT2D eigenvalue weighted by Gasteiger charge is -2.37. The summed E-state index contributed by atoms with van der Waals surface area (Å²) in [6.45, 7) is 4.66. The number of rotatable bonds is 8. The molecule has 2 saturated carbocycles. The van der Waals surface area contributed by atoms with Crippen LogP contribution >= 0.6 is 0 Å². The van der Waals surface area contributed by atoms with Gasteiger partial charge >= 0.3 is 0 Å². The monoisotopic (exact) mass is 293 g/mol. The summed E-state index contributed by atoms with van der Waals surface area (Å²) in [5.41, 5.74) is 0. The molecule has 0 aromatic rings. The van der Waals surface area contributed by atoms with E-state index < -0.39 is 0 Å². The fourth-order valence-electron chi connectivity index (χ4n) is 4.59. The minimum atomic E-state index is 0.591. The molecule has 0 aromatic carbocycles. The summed E-state index contributed by atoms with van der Waals surface area (Å²) >= 11 is 0. The molecule has 1 saturated heterocycles. The SMILES string of the molecule is CCCC1CCC(CNC2CC2)C(CCC2CCCO2)C1. The summed E-state index contributed by atoms with van der Waals surface area (Å²) in [7, 11) is 0. The maximum atomic E-state index is 5.85. The second-order valence-electron chi connectivity index (χ2n) is 7.88. The molecule has 21 heavy (non-hydrogen) atoms. The van der Waals surface area contributed by atoms with E-state index in [-0.39, 0.29) is 0 Å². The van der Waals surface area contributed by atoms with Gasteiger partial charge in [-0.1, -0.05) is 26.2 Å². The first kappa shape index (κ1) is 15.8. The highest BCUT2D eigenvalue weighted by Crippen LogP contribution is 2.39. The fourth-order valence-corrected chi connectivity index (χ4v) is 4.59. The zero-order valence-corrected chi connectivity index (χ0v) is 14.0. The molecule has 1 aliphatic heterocycles. The Kier molecular flexibility index (Phi) is 5.99. The van der Waals surface area contributed by atoms with E-state index in [1.807, 2.05) is 0 Å². The first-order valence-corrected chi connectivity index (χ1v) is 9.70. The maximum Gasteiger partial charge on any atom is 0.0576 e. The molecule has 2 nitrogen and oxygen atoms in total. The van der Waals surface area contributed by atoms with Gasteiger partial charge in [-0.2, -0.15) is 0 Å². The first-order chi connectivity index (χ1) is 10.3. The Morgan fingerprint density at radius 1 is 0.952 bits per heavy atom. The lowest BCUT2D eigenvalue weighted by Crippen LogP contribution is -2.34. The predicted molar refractivity (Wildman–Crippen MR) is 88.5 cm³/mol. The van der Waals surface area contributed by atoms with Crippen LogP contribution in [0.15, 0.2) is 0 Å². The molecule has 122 valence electrons. The molecule has 2 heteroatoms. The van der Waals surface area contributed by atoms with Crippen molar-refractivity contribution in [3.63, 3.8) is 0 Å². The number of hydrogen-bond donors (Lipinski definition) is 1. The molecule has 1 N–H and O–H groups in total. The Bertz CT molecular complexity index is 296. The van der Waals surface area contributed by atoms with Crippen molar-refractivity contribution in [1.29, 1.82) is 0 Å². The third-order valence-electron chi connectivity index (χ3n) is 6.07. The molecular formula is C19H35NO. The van der Waals surface area contributed by atoms with Crippen LogP contribution < -0.4 is 5.32 Å². The van der Waals surface area contributed by atoms with Gasteiger partial charge < -0.3 is 10.1 Å². The summed E-state index contributed by atoms with van der Waals surface area (Å²) < 4.78 is 5.85. The Balaban J connectivity index is 1.47. The Morgan fingerprint density at radius 3 is 2.57 bits per heavy atom. The van der Waals surface area contributed by atoms with Gasteiger partial charge in [-0.15, -0.1) is 0 Å². The molecule has 4 unspecified atom stereocenters. The second-order valence-corrected chi connectivity index (χ2v) is 7.88. The minimum Gasteiger partial charge on any atom is -0.378 e. The van der Waals surface area contributed by atoms with Crippen LogP contribution in [0.5, 0.6) is 0 Å². The van der Waals surface area contributed by atoms with Crippen LogP contribution in [-0.4, -0.2) is 25.3 Å². The topological polar surface area (TPSA) is 21.3 Å². The van der Waals surface area contributed by atoms with Crippen LogP contribution in [0.4, 0.5) is 0 Å². The molecule has 3 rings (SSSR count). The van der Waals surface area contributed by atoms with Crippen LogP contribution in [0.25, 0.3) is 0 Å². The molecule has 0 amide bonds. The fraction of sp³-hybridized carbons (Fsp3) is 1.00. The van der Waals surface area contributed by atoms with Crippen LogP contribution in [0.3, 0.4) is 0 Å². The van der Waals surface area contributed by atoms with Gasteiger partial charge in [0.25, 0.3) is 0 Å². The molecule has 0 spiro atoms. The zero-order chi connectivity index (χ0) is 14.5. The van der Waals surface area contributed by atoms with Gasteiger partial charge in [0, 0.05) is 12.6 Å². The van der Waals surface area contributed by atoms with E-state index in [0.717, 1.165) is 30.4 Å². The van der Waals surface area contributed by atoms with Crippen molar-refractivity contribution < 1.29 is 4.74 Å². The second kappa shape index (κ2) is 7.97. The summed E-state index contributed by atoms with van der Waals surface area (Å²) in [4.78, 5) is 0. The highest BCUT2D eigenvalue weighted by atomic mass is 16.5. The van der Waals surface area contributed by atoms with Crippen LogP contribution in [0.1, 0.15) is 77.6 Å². The number of hydrogen-bond acceptors (Lipinski definition) is 2. The third-order valence-corrected chi connectivity index (χ3v) is 6.07. The summed E-state index contributed by atoms with van der Waals surface area (Å²) in [5.74, 6) is 2.92. The molecule has 0 aromatic heterocycles. The molecule has 0 bridgehead atoms. The van der Waals surface area contributed by atoms with Crippen LogP contribution in [-0.2, 0) is 4.74 Å². The van der Waals surface area contributed by atoms with Crippen LogP contribution in [0.2, 0.25) is 0 Å². The van der Waals surface area contributed by atoms with E-state index in [0.29, 0.717) is 6.10 Å². The third kappa shape index (κ3) is 4.96. The first-order valence-electron chi connectivity index (χ1n) is 9.70. The highest BCUT2D eigenvalue weighted by molar-refractivity contribution is 4.86. The van der Waals surface area contributed by atoms with Gasteiger partial charge in [0.1, 0.15) is 0 Å². The molecule has 4 atom stereocenters. The average Bonchev–Trinajstić information content (AvgIpc) is 3.18. The van der Waals surface area contributed by atoms with Gasteiger partial charge in [0.05, 0.1) is 6.10 Å². The van der Waals surface area contributed by atoms with Crippen molar-refractivity contribution in [3.8, 4) is 0 Å². The van der Waals surface area contributed by atoms with Crippen molar-refractivity contribution in [2.45, 2.75) is 89.7 Å². The average molecular weight is 293 g/mol. The summed E-state index contributed by atoms with van der Waals surface area (Å²) in [5, 5.41) is 3.80. The van der Waals surface area contributed by atoms with Crippen molar-refractivity contribution in [1.82, 2.24) is 5.32 Å². The van der Waals surface area contributed by atoms with Crippen molar-refractivity contribution in [3.05, 3.63) is 0 Å². The van der Waals surface area contributed by atoms with E-state index in [1.165, 1.54) is 77.2 Å². The van der Waals surface area contributed by atoms with Gasteiger partial charge in [0.2, 0.25) is 0 Å². The molecular weight excluding hydrogens is 258 g/mol. The molecule has 0 radical (unpaired) electrons. The lowest BCUT2D eigenvalue weighted by molar-refractivity contribution is 0.0833. The smallest absolute Gasteiger partial charge is 0.0576 e. The van der Waals surface area contributed by atoms with Gasteiger partial charge in [-0.25, -0.2) is 0 Å². The zero-order valence-electron chi connectivity index (χ0n) is 14.0. The van der Waals surface area contributed by atoms with E-state index in [1.54, 1.807) is 0 Å². The van der Waals surface area contributed by atoms with Gasteiger partial charge in [0.15, 0.2) is 0 Å². The molecule has 2 aliphatic carbocycles. The number of nitrogens with one attached hydrogen (secondary N) is 1. The maximum absolute atomic E-state index is 5.85. The van der Waals surface area contributed by atoms with E-state index in [4.69, 9.17) is 4.74 Å². The quantitative estimate of drug-likeness (QED) is 0.710. The number of ether oxygens (including phenoxy) is 1. The van der Waals surface area contributed by atoms with Crippen molar-refractivity contribution >= 4 is 0 Å². The minimum absolute atomic E-state index is 0.591. The van der Waals surface area contributed by atoms with Crippen molar-refractivity contribution in [2.24, 2.45) is 17.8 Å². The normalized spacial score (nSPS) is 37.0. The van der Waals surface area contributed by atoms with Gasteiger partial charge in [-0.3, -0.25) is 0 Å². The highest BCUT2D eigenvalue weighted by Gasteiger charge is 2.32. The summed E-state index contributed by atoms with van der Waals surface area (Å²) in [6, 6.07) is 0.872. The van der Waals surface area contributed by atoms with E-state index >= 15 is 0 Å². The van der Waals surface area contributed by atoms with E-state index in [2.05, 4.69) is 12.2 Å².